The molecule has 114 valence electrons. The minimum absolute atomic E-state index is 0.0523. The topological polar surface area (TPSA) is 108 Å². The minimum Gasteiger partial charge on any atom is -0.480 e. The Hall–Kier alpha value is -1.83. The highest BCUT2D eigenvalue weighted by Gasteiger charge is 2.22. The summed E-state index contributed by atoms with van der Waals surface area (Å²) in [7, 11) is 0. The van der Waals surface area contributed by atoms with E-state index in [1.54, 1.807) is 4.90 Å². The average Bonchev–Trinajstić information content (AvgIpc) is 2.38. The number of carboxylic acids is 1. The number of carbonyl (C=O) groups is 3. The van der Waals surface area contributed by atoms with Crippen molar-refractivity contribution in [1.29, 1.82) is 0 Å². The van der Waals surface area contributed by atoms with Crippen LogP contribution in [0.25, 0.3) is 0 Å². The zero-order valence-electron chi connectivity index (χ0n) is 11.6. The van der Waals surface area contributed by atoms with E-state index >= 15 is 0 Å². The molecule has 1 rings (SSSR count). The fourth-order valence-electron chi connectivity index (χ4n) is 2.02. The second-order valence-electron chi connectivity index (χ2n) is 4.64. The van der Waals surface area contributed by atoms with Gasteiger partial charge in [-0.25, -0.2) is 9.59 Å². The van der Waals surface area contributed by atoms with Crippen molar-refractivity contribution in [3.63, 3.8) is 0 Å². The molecule has 3 N–H and O–H groups in total. The monoisotopic (exact) mass is 287 g/mol. The molecule has 0 atom stereocenters. The van der Waals surface area contributed by atoms with Gasteiger partial charge in [0.1, 0.15) is 6.61 Å². The predicted octanol–water partition coefficient (Wildman–Crippen LogP) is -0.602. The number of aliphatic carboxylic acids is 1. The van der Waals surface area contributed by atoms with Gasteiger partial charge in [-0.3, -0.25) is 4.79 Å². The Morgan fingerprint density at radius 1 is 1.30 bits per heavy atom. The quantitative estimate of drug-likeness (QED) is 0.565. The number of rotatable bonds is 6. The van der Waals surface area contributed by atoms with Gasteiger partial charge in [0.05, 0.1) is 6.61 Å². The highest BCUT2D eigenvalue weighted by atomic mass is 16.5. The Morgan fingerprint density at radius 2 is 1.95 bits per heavy atom. The van der Waals surface area contributed by atoms with Gasteiger partial charge in [-0.15, -0.1) is 0 Å². The first-order valence-corrected chi connectivity index (χ1v) is 6.58. The molecule has 0 unspecified atom stereocenters. The van der Waals surface area contributed by atoms with Crippen LogP contribution in [0.4, 0.5) is 4.79 Å². The molecule has 1 fully saturated rings. The molecule has 0 saturated carbocycles. The SMILES string of the molecule is CC(=O)NC1CCN(C(=O)NCCOCC(=O)O)CC1. The molecule has 1 aliphatic heterocycles. The lowest BCUT2D eigenvalue weighted by Gasteiger charge is -2.32. The van der Waals surface area contributed by atoms with Gasteiger partial charge in [0.25, 0.3) is 0 Å². The Kier molecular flexibility index (Phi) is 6.78. The Morgan fingerprint density at radius 3 is 2.50 bits per heavy atom. The fraction of sp³-hybridized carbons (Fsp3) is 0.750. The number of hydrogen-bond donors (Lipinski definition) is 3. The van der Waals surface area contributed by atoms with Crippen LogP contribution in [-0.2, 0) is 14.3 Å². The Bertz CT molecular complexity index is 353. The van der Waals surface area contributed by atoms with E-state index < -0.39 is 5.97 Å². The number of carbonyl (C=O) groups excluding carboxylic acids is 2. The maximum absolute atomic E-state index is 11.8. The molecule has 0 aromatic heterocycles. The molecule has 1 aliphatic rings. The molecule has 0 radical (unpaired) electrons. The van der Waals surface area contributed by atoms with E-state index in [1.165, 1.54) is 6.92 Å². The van der Waals surface area contributed by atoms with Gasteiger partial charge in [-0.05, 0) is 12.8 Å². The summed E-state index contributed by atoms with van der Waals surface area (Å²) in [5.41, 5.74) is 0. The second-order valence-corrected chi connectivity index (χ2v) is 4.64. The van der Waals surface area contributed by atoms with E-state index in [4.69, 9.17) is 9.84 Å². The van der Waals surface area contributed by atoms with Crippen molar-refractivity contribution in [3.8, 4) is 0 Å². The van der Waals surface area contributed by atoms with Crippen LogP contribution in [0.3, 0.4) is 0 Å². The summed E-state index contributed by atoms with van der Waals surface area (Å²) in [5.74, 6) is -1.08. The number of amides is 3. The van der Waals surface area contributed by atoms with Crippen LogP contribution in [-0.4, -0.2) is 66.8 Å². The molecule has 8 heteroatoms. The van der Waals surface area contributed by atoms with Crippen LogP contribution in [0.2, 0.25) is 0 Å². The van der Waals surface area contributed by atoms with Gasteiger partial charge in [-0.1, -0.05) is 0 Å². The molecule has 20 heavy (non-hydrogen) atoms. The lowest BCUT2D eigenvalue weighted by atomic mass is 10.1. The molecular formula is C12H21N3O5. The van der Waals surface area contributed by atoms with Crippen molar-refractivity contribution >= 4 is 17.9 Å². The molecular weight excluding hydrogens is 266 g/mol. The minimum atomic E-state index is -1.03. The largest absolute Gasteiger partial charge is 0.480 e. The number of likely N-dealkylation sites (tertiary alicyclic amines) is 1. The van der Waals surface area contributed by atoms with Crippen LogP contribution in [0.1, 0.15) is 19.8 Å². The number of ether oxygens (including phenoxy) is 1. The third kappa shape index (κ3) is 6.37. The van der Waals surface area contributed by atoms with Crippen molar-refractivity contribution in [3.05, 3.63) is 0 Å². The molecule has 1 saturated heterocycles. The van der Waals surface area contributed by atoms with Crippen molar-refractivity contribution in [1.82, 2.24) is 15.5 Å². The van der Waals surface area contributed by atoms with Crippen LogP contribution in [0.15, 0.2) is 0 Å². The highest BCUT2D eigenvalue weighted by molar-refractivity contribution is 5.75. The van der Waals surface area contributed by atoms with Crippen molar-refractivity contribution < 1.29 is 24.2 Å². The molecule has 3 amide bonds. The molecule has 0 aromatic rings. The van der Waals surface area contributed by atoms with Gasteiger partial charge < -0.3 is 25.4 Å². The number of hydrogen-bond acceptors (Lipinski definition) is 4. The molecule has 0 bridgehead atoms. The first-order chi connectivity index (χ1) is 9.49. The van der Waals surface area contributed by atoms with Gasteiger partial charge in [-0.2, -0.15) is 0 Å². The third-order valence-electron chi connectivity index (χ3n) is 2.94. The summed E-state index contributed by atoms with van der Waals surface area (Å²) in [4.78, 5) is 34.6. The normalized spacial score (nSPS) is 15.8. The summed E-state index contributed by atoms with van der Waals surface area (Å²) in [6.45, 7) is 2.74. The van der Waals surface area contributed by atoms with Crippen LogP contribution < -0.4 is 10.6 Å². The average molecular weight is 287 g/mol. The second kappa shape index (κ2) is 8.36. The van der Waals surface area contributed by atoms with E-state index in [-0.39, 0.29) is 37.7 Å². The predicted molar refractivity (Wildman–Crippen MR) is 70.3 cm³/mol. The van der Waals surface area contributed by atoms with Crippen LogP contribution in [0, 0.1) is 0 Å². The molecule has 0 aromatic carbocycles. The maximum Gasteiger partial charge on any atom is 0.329 e. The lowest BCUT2D eigenvalue weighted by molar-refractivity contribution is -0.142. The zero-order chi connectivity index (χ0) is 15.0. The number of carboxylic acid groups (broad SMARTS) is 1. The van der Waals surface area contributed by atoms with E-state index in [2.05, 4.69) is 10.6 Å². The smallest absolute Gasteiger partial charge is 0.329 e. The number of nitrogens with one attached hydrogen (secondary N) is 2. The van der Waals surface area contributed by atoms with E-state index in [0.717, 1.165) is 12.8 Å². The van der Waals surface area contributed by atoms with Gasteiger partial charge in [0.2, 0.25) is 5.91 Å². The number of nitrogens with zero attached hydrogens (tertiary/aromatic N) is 1. The van der Waals surface area contributed by atoms with Crippen LogP contribution >= 0.6 is 0 Å². The summed E-state index contributed by atoms with van der Waals surface area (Å²) in [6, 6.07) is -0.0550. The van der Waals surface area contributed by atoms with Gasteiger partial charge in [0, 0.05) is 32.6 Å². The summed E-state index contributed by atoms with van der Waals surface area (Å²) in [6.07, 6.45) is 1.48. The highest BCUT2D eigenvalue weighted by Crippen LogP contribution is 2.10. The molecule has 0 aliphatic carbocycles. The Balaban J connectivity index is 2.13. The standard InChI is InChI=1S/C12H21N3O5/c1-9(16)14-10-2-5-15(6-3-10)12(19)13-4-7-20-8-11(17)18/h10H,2-8H2,1H3,(H,13,19)(H,14,16)(H,17,18). The first-order valence-electron chi connectivity index (χ1n) is 6.58. The van der Waals surface area contributed by atoms with Gasteiger partial charge >= 0.3 is 12.0 Å². The summed E-state index contributed by atoms with van der Waals surface area (Å²) < 4.78 is 4.81. The van der Waals surface area contributed by atoms with E-state index in [1.807, 2.05) is 0 Å². The molecule has 0 spiro atoms. The molecule has 8 nitrogen and oxygen atoms in total. The van der Waals surface area contributed by atoms with E-state index in [0.29, 0.717) is 13.1 Å². The fourth-order valence-corrected chi connectivity index (χ4v) is 2.02. The number of piperidine rings is 1. The Labute approximate surface area is 117 Å². The third-order valence-corrected chi connectivity index (χ3v) is 2.94. The van der Waals surface area contributed by atoms with E-state index in [9.17, 15) is 14.4 Å². The zero-order valence-corrected chi connectivity index (χ0v) is 11.6. The molecule has 1 heterocycles. The maximum atomic E-state index is 11.8. The van der Waals surface area contributed by atoms with Crippen molar-refractivity contribution in [2.75, 3.05) is 32.8 Å². The van der Waals surface area contributed by atoms with Crippen molar-refractivity contribution in [2.24, 2.45) is 0 Å². The van der Waals surface area contributed by atoms with Crippen molar-refractivity contribution in [2.45, 2.75) is 25.8 Å². The number of urea groups is 1. The summed E-state index contributed by atoms with van der Waals surface area (Å²) >= 11 is 0. The van der Waals surface area contributed by atoms with Crippen LogP contribution in [0.5, 0.6) is 0 Å². The first kappa shape index (κ1) is 16.2. The summed E-state index contributed by atoms with van der Waals surface area (Å²) in [5, 5.41) is 13.9. The lowest BCUT2D eigenvalue weighted by Crippen LogP contribution is -2.49. The van der Waals surface area contributed by atoms with Gasteiger partial charge in [0.15, 0.2) is 0 Å².